The zero-order chi connectivity index (χ0) is 37.5. The van der Waals surface area contributed by atoms with Gasteiger partial charge in [0.15, 0.2) is 17.5 Å². The molecule has 0 bridgehead atoms. The van der Waals surface area contributed by atoms with Gasteiger partial charge in [-0.15, -0.1) is 11.3 Å². The number of nitrogens with zero attached hydrogens (tertiary/aromatic N) is 3. The van der Waals surface area contributed by atoms with Crippen LogP contribution in [0.25, 0.3) is 120 Å². The van der Waals surface area contributed by atoms with Crippen LogP contribution in [0.3, 0.4) is 0 Å². The molecule has 0 N–H and O–H groups in total. The van der Waals surface area contributed by atoms with E-state index in [0.29, 0.717) is 17.5 Å². The molecule has 6 heteroatoms. The molecule has 12 rings (SSSR count). The predicted octanol–water partition coefficient (Wildman–Crippen LogP) is 14.4. The topological polar surface area (TPSA) is 65.0 Å². The average molecular weight is 748 g/mol. The minimum Gasteiger partial charge on any atom is -0.456 e. The second kappa shape index (κ2) is 12.6. The summed E-state index contributed by atoms with van der Waals surface area (Å²) in [6.07, 6.45) is 0. The van der Waals surface area contributed by atoms with Gasteiger partial charge in [-0.2, -0.15) is 0 Å². The Kier molecular flexibility index (Phi) is 7.03. The molecule has 57 heavy (non-hydrogen) atoms. The number of thiophene rings is 1. The normalized spacial score (nSPS) is 11.9. The lowest BCUT2D eigenvalue weighted by atomic mass is 10.0. The fourth-order valence-corrected chi connectivity index (χ4v) is 9.21. The summed E-state index contributed by atoms with van der Waals surface area (Å²) in [5.74, 6) is 1.71. The lowest BCUT2D eigenvalue weighted by molar-refractivity contribution is 0.669. The summed E-state index contributed by atoms with van der Waals surface area (Å²) in [6.45, 7) is 0. The van der Waals surface area contributed by atoms with Crippen LogP contribution < -0.4 is 0 Å². The van der Waals surface area contributed by atoms with Crippen molar-refractivity contribution in [1.82, 2.24) is 15.0 Å². The molecule has 0 fully saturated rings. The monoisotopic (exact) mass is 747 g/mol. The lowest BCUT2D eigenvalue weighted by Gasteiger charge is -2.09. The first-order valence-electron chi connectivity index (χ1n) is 18.9. The van der Waals surface area contributed by atoms with E-state index in [1.165, 1.54) is 25.7 Å². The largest absolute Gasteiger partial charge is 0.456 e. The van der Waals surface area contributed by atoms with Gasteiger partial charge in [0.05, 0.1) is 0 Å². The Balaban J connectivity index is 0.988. The van der Waals surface area contributed by atoms with Crippen LogP contribution in [-0.2, 0) is 0 Å². The first-order valence-corrected chi connectivity index (χ1v) is 19.7. The van der Waals surface area contributed by atoms with E-state index in [2.05, 4.69) is 140 Å². The van der Waals surface area contributed by atoms with Gasteiger partial charge in [-0.3, -0.25) is 0 Å². The van der Waals surface area contributed by atoms with Gasteiger partial charge in [-0.1, -0.05) is 127 Å². The smallest absolute Gasteiger partial charge is 0.164 e. The van der Waals surface area contributed by atoms with Gasteiger partial charge in [-0.25, -0.2) is 15.0 Å². The summed E-state index contributed by atoms with van der Waals surface area (Å²) >= 11 is 1.83. The van der Waals surface area contributed by atoms with E-state index < -0.39 is 0 Å². The zero-order valence-corrected chi connectivity index (χ0v) is 31.1. The minimum atomic E-state index is 0.559. The fraction of sp³-hybridized carbons (Fsp3) is 0. The molecule has 0 aliphatic heterocycles. The van der Waals surface area contributed by atoms with Gasteiger partial charge in [0.2, 0.25) is 0 Å². The SMILES string of the molecule is c1ccc(-c2cccc3c2oc2cc(-c4nc(-c5ccc(-c6ccc7sc8ccccc8c7c6)cc5)nc(-c5ccc6c(c5)oc5ccccc56)n4)ccc23)cc1. The van der Waals surface area contributed by atoms with Crippen molar-refractivity contribution in [1.29, 1.82) is 0 Å². The fourth-order valence-electron chi connectivity index (χ4n) is 8.13. The highest BCUT2D eigenvalue weighted by molar-refractivity contribution is 7.25. The highest BCUT2D eigenvalue weighted by Crippen LogP contribution is 2.39. The molecule has 4 heterocycles. The molecular weight excluding hydrogens is 719 g/mol. The molecule has 0 atom stereocenters. The highest BCUT2D eigenvalue weighted by atomic mass is 32.1. The van der Waals surface area contributed by atoms with Crippen LogP contribution in [0.2, 0.25) is 0 Å². The molecule has 4 aromatic heterocycles. The van der Waals surface area contributed by atoms with Crippen LogP contribution in [0.15, 0.2) is 185 Å². The minimum absolute atomic E-state index is 0.559. The molecule has 12 aromatic rings. The van der Waals surface area contributed by atoms with Crippen molar-refractivity contribution in [3.05, 3.63) is 176 Å². The third kappa shape index (κ3) is 5.26. The van der Waals surface area contributed by atoms with E-state index >= 15 is 0 Å². The molecule has 8 aromatic carbocycles. The van der Waals surface area contributed by atoms with E-state index in [1.54, 1.807) is 0 Å². The molecule has 0 radical (unpaired) electrons. The summed E-state index contributed by atoms with van der Waals surface area (Å²) in [4.78, 5) is 15.3. The Hall–Kier alpha value is -7.41. The van der Waals surface area contributed by atoms with E-state index in [9.17, 15) is 0 Å². The van der Waals surface area contributed by atoms with Crippen molar-refractivity contribution in [2.45, 2.75) is 0 Å². The van der Waals surface area contributed by atoms with Gasteiger partial charge in [0.25, 0.3) is 0 Å². The Bertz CT molecular complexity index is 3530. The lowest BCUT2D eigenvalue weighted by Crippen LogP contribution is -2.00. The van der Waals surface area contributed by atoms with E-state index in [4.69, 9.17) is 23.8 Å². The van der Waals surface area contributed by atoms with Crippen molar-refractivity contribution in [3.8, 4) is 56.4 Å². The van der Waals surface area contributed by atoms with E-state index in [0.717, 1.165) is 77.3 Å². The van der Waals surface area contributed by atoms with Crippen LogP contribution in [0.4, 0.5) is 0 Å². The Morgan fingerprint density at radius 1 is 0.316 bits per heavy atom. The highest BCUT2D eigenvalue weighted by Gasteiger charge is 2.18. The number of furan rings is 2. The quantitative estimate of drug-likeness (QED) is 0.175. The van der Waals surface area contributed by atoms with Crippen LogP contribution in [0.5, 0.6) is 0 Å². The second-order valence-corrected chi connectivity index (χ2v) is 15.4. The van der Waals surface area contributed by atoms with Crippen LogP contribution >= 0.6 is 11.3 Å². The first-order chi connectivity index (χ1) is 28.2. The molecule has 0 spiro atoms. The van der Waals surface area contributed by atoms with Gasteiger partial charge in [0, 0.05) is 64.0 Å². The van der Waals surface area contributed by atoms with Crippen LogP contribution in [-0.4, -0.2) is 15.0 Å². The van der Waals surface area contributed by atoms with Crippen LogP contribution in [0, 0.1) is 0 Å². The summed E-state index contributed by atoms with van der Waals surface area (Å²) in [7, 11) is 0. The molecule has 0 saturated carbocycles. The number of hydrogen-bond acceptors (Lipinski definition) is 6. The Labute approximate surface area is 330 Å². The maximum Gasteiger partial charge on any atom is 0.164 e. The van der Waals surface area contributed by atoms with Crippen molar-refractivity contribution in [2.75, 3.05) is 0 Å². The number of aromatic nitrogens is 3. The number of fused-ring (bicyclic) bond motifs is 9. The number of benzene rings is 8. The molecule has 0 saturated heterocycles. The Morgan fingerprint density at radius 2 is 0.877 bits per heavy atom. The van der Waals surface area contributed by atoms with Gasteiger partial charge >= 0.3 is 0 Å². The standard InChI is InChI=1S/C51H29N3O2S/c1-2-9-31(10-3-1)36-13-8-14-41-39-25-22-35(29-45(39)56-48(36)41)51-53-49(52-50(54-51)34-21-24-38-37-11-4-6-15-43(37)55-44(38)28-34)32-19-17-30(18-20-32)33-23-26-47-42(27-33)40-12-5-7-16-46(40)57-47/h1-29H. The third-order valence-corrected chi connectivity index (χ3v) is 12.1. The van der Waals surface area contributed by atoms with Crippen molar-refractivity contribution in [2.24, 2.45) is 0 Å². The Morgan fingerprint density at radius 3 is 1.67 bits per heavy atom. The molecule has 5 nitrogen and oxygen atoms in total. The number of para-hydroxylation sites is 2. The van der Waals surface area contributed by atoms with Gasteiger partial charge in [0.1, 0.15) is 22.3 Å². The van der Waals surface area contributed by atoms with Gasteiger partial charge in [-0.05, 0) is 65.2 Å². The third-order valence-electron chi connectivity index (χ3n) is 11.0. The van der Waals surface area contributed by atoms with Crippen LogP contribution in [0.1, 0.15) is 0 Å². The van der Waals surface area contributed by atoms with Crippen molar-refractivity contribution >= 4 is 75.4 Å². The maximum absolute atomic E-state index is 6.62. The average Bonchev–Trinajstić information content (AvgIpc) is 3.97. The van der Waals surface area contributed by atoms with Crippen molar-refractivity contribution < 1.29 is 8.83 Å². The maximum atomic E-state index is 6.62. The second-order valence-electron chi connectivity index (χ2n) is 14.4. The summed E-state index contributed by atoms with van der Waals surface area (Å²) < 4.78 is 15.5. The molecule has 0 unspecified atom stereocenters. The number of rotatable bonds is 5. The molecule has 266 valence electrons. The zero-order valence-electron chi connectivity index (χ0n) is 30.3. The summed E-state index contributed by atoms with van der Waals surface area (Å²) in [6, 6.07) is 61.0. The predicted molar refractivity (Wildman–Crippen MR) is 234 cm³/mol. The van der Waals surface area contributed by atoms with E-state index in [-0.39, 0.29) is 0 Å². The molecule has 0 aliphatic carbocycles. The number of hydrogen-bond donors (Lipinski definition) is 0. The van der Waals surface area contributed by atoms with E-state index in [1.807, 2.05) is 47.7 Å². The van der Waals surface area contributed by atoms with Gasteiger partial charge < -0.3 is 8.83 Å². The first kappa shape index (κ1) is 31.9. The molecular formula is C51H29N3O2S. The van der Waals surface area contributed by atoms with Crippen molar-refractivity contribution in [3.63, 3.8) is 0 Å². The molecule has 0 amide bonds. The molecule has 0 aliphatic rings. The summed E-state index contributed by atoms with van der Waals surface area (Å²) in [5.41, 5.74) is 10.3. The summed E-state index contributed by atoms with van der Waals surface area (Å²) in [5, 5.41) is 6.82.